The van der Waals surface area contributed by atoms with Gasteiger partial charge in [-0.05, 0) is 23.7 Å². The minimum absolute atomic E-state index is 0.211. The summed E-state index contributed by atoms with van der Waals surface area (Å²) in [4.78, 5) is 0. The highest BCUT2D eigenvalue weighted by molar-refractivity contribution is 9.26. The lowest BCUT2D eigenvalue weighted by Gasteiger charge is -1.98. The monoisotopic (exact) mass is 422 g/mol. The Morgan fingerprint density at radius 3 is 1.00 bits per heavy atom. The fraction of sp³-hybridized carbons (Fsp3) is 1.00. The van der Waals surface area contributed by atoms with Crippen molar-refractivity contribution in [2.45, 2.75) is 20.3 Å². The average molecular weight is 426 g/mol. The van der Waals surface area contributed by atoms with E-state index in [1.807, 2.05) is 0 Å². The molecule has 2 rings (SSSR count). The van der Waals surface area contributed by atoms with Crippen LogP contribution in [0.15, 0.2) is 0 Å². The van der Waals surface area contributed by atoms with Gasteiger partial charge in [0.1, 0.15) is 0 Å². The Bertz CT molecular complexity index is 199. The number of hydrogen-bond acceptors (Lipinski definition) is 0. The molecule has 0 aromatic heterocycles. The molecule has 0 spiro atoms. The molecule has 12 heavy (non-hydrogen) atoms. The second kappa shape index (κ2) is 2.73. The van der Waals surface area contributed by atoms with E-state index >= 15 is 0 Å². The smallest absolute Gasteiger partial charge is 0.0721 e. The summed E-state index contributed by atoms with van der Waals surface area (Å²) in [5.74, 6) is 2.99. The highest BCUT2D eigenvalue weighted by Crippen LogP contribution is 2.77. The molecule has 0 radical (unpaired) electrons. The molecule has 2 saturated carbocycles. The van der Waals surface area contributed by atoms with Gasteiger partial charge in [0.15, 0.2) is 0 Å². The molecule has 0 nitrogen and oxygen atoms in total. The lowest BCUT2D eigenvalue weighted by atomic mass is 10.2. The molecule has 0 aromatic carbocycles. The van der Waals surface area contributed by atoms with Crippen molar-refractivity contribution in [1.29, 1.82) is 0 Å². The fourth-order valence-corrected chi connectivity index (χ4v) is 5.46. The van der Waals surface area contributed by atoms with Crippen LogP contribution in [-0.2, 0) is 0 Å². The molecule has 2 fully saturated rings. The van der Waals surface area contributed by atoms with Crippen LogP contribution in [0.1, 0.15) is 13.8 Å². The Hall–Kier alpha value is 1.92. The third-order valence-corrected chi connectivity index (χ3v) is 8.35. The fourth-order valence-electron chi connectivity index (χ4n) is 2.12. The van der Waals surface area contributed by atoms with Crippen LogP contribution in [0.5, 0.6) is 0 Å². The first kappa shape index (κ1) is 10.4. The van der Waals surface area contributed by atoms with Crippen LogP contribution in [0.3, 0.4) is 0 Å². The van der Waals surface area contributed by atoms with Crippen LogP contribution in [0.25, 0.3) is 0 Å². The summed E-state index contributed by atoms with van der Waals surface area (Å²) >= 11 is 14.9. The van der Waals surface area contributed by atoms with Crippen molar-refractivity contribution in [2.24, 2.45) is 23.7 Å². The normalized spacial score (nSPS) is 53.5. The Labute approximate surface area is 107 Å². The summed E-state index contributed by atoms with van der Waals surface area (Å²) in [7, 11) is 0. The molecule has 2 aliphatic rings. The van der Waals surface area contributed by atoms with E-state index in [1.54, 1.807) is 0 Å². The van der Waals surface area contributed by atoms with Crippen molar-refractivity contribution in [1.82, 2.24) is 0 Å². The molecule has 70 valence electrons. The van der Waals surface area contributed by atoms with Gasteiger partial charge in [0.2, 0.25) is 0 Å². The summed E-state index contributed by atoms with van der Waals surface area (Å²) in [6, 6.07) is 0. The summed E-state index contributed by atoms with van der Waals surface area (Å²) < 4.78 is 0.421. The molecular formula is C8H10Br4. The first-order chi connectivity index (χ1) is 5.31. The zero-order valence-corrected chi connectivity index (χ0v) is 13.2. The average Bonchev–Trinajstić information content (AvgIpc) is 2.55. The molecule has 0 saturated heterocycles. The minimum atomic E-state index is 0.211. The third-order valence-electron chi connectivity index (χ3n) is 3.35. The molecule has 2 aliphatic carbocycles. The topological polar surface area (TPSA) is 0 Å². The number of alkyl halides is 4. The van der Waals surface area contributed by atoms with E-state index < -0.39 is 0 Å². The minimum Gasteiger partial charge on any atom is -0.0721 e. The summed E-state index contributed by atoms with van der Waals surface area (Å²) in [6.07, 6.45) is 0. The van der Waals surface area contributed by atoms with Crippen molar-refractivity contribution in [2.75, 3.05) is 0 Å². The van der Waals surface area contributed by atoms with Crippen LogP contribution >= 0.6 is 63.7 Å². The highest BCUT2D eigenvalue weighted by Gasteiger charge is 2.74. The van der Waals surface area contributed by atoms with Gasteiger partial charge in [-0.25, -0.2) is 0 Å². The van der Waals surface area contributed by atoms with Crippen LogP contribution < -0.4 is 0 Å². The van der Waals surface area contributed by atoms with E-state index in [1.165, 1.54) is 0 Å². The largest absolute Gasteiger partial charge is 0.0869 e. The molecule has 0 amide bonds. The Balaban J connectivity index is 2.08. The van der Waals surface area contributed by atoms with Gasteiger partial charge in [-0.2, -0.15) is 0 Å². The van der Waals surface area contributed by atoms with E-state index in [4.69, 9.17) is 0 Å². The molecule has 4 atom stereocenters. The number of rotatable bonds is 1. The van der Waals surface area contributed by atoms with E-state index in [9.17, 15) is 0 Å². The molecule has 4 heteroatoms. The van der Waals surface area contributed by atoms with E-state index in [-0.39, 0.29) is 6.47 Å². The Morgan fingerprint density at radius 2 is 0.917 bits per heavy atom. The second-order valence-electron chi connectivity index (χ2n) is 3.98. The zero-order valence-electron chi connectivity index (χ0n) is 6.82. The summed E-state index contributed by atoms with van der Waals surface area (Å²) in [5, 5.41) is 0. The van der Waals surface area contributed by atoms with Gasteiger partial charge in [0.05, 0.1) is 6.47 Å². The quantitative estimate of drug-likeness (QED) is 0.543. The van der Waals surface area contributed by atoms with Crippen LogP contribution in [-0.4, -0.2) is 6.47 Å². The van der Waals surface area contributed by atoms with Crippen LogP contribution in [0.2, 0.25) is 0 Å². The van der Waals surface area contributed by atoms with Gasteiger partial charge < -0.3 is 0 Å². The third kappa shape index (κ3) is 1.24. The van der Waals surface area contributed by atoms with Gasteiger partial charge in [-0.15, -0.1) is 0 Å². The van der Waals surface area contributed by atoms with E-state index in [0.29, 0.717) is 0 Å². The predicted molar refractivity (Wildman–Crippen MR) is 66.5 cm³/mol. The molecule has 0 N–H and O–H groups in total. The molecular weight excluding hydrogens is 416 g/mol. The maximum atomic E-state index is 3.71. The van der Waals surface area contributed by atoms with E-state index in [0.717, 1.165) is 23.7 Å². The lowest BCUT2D eigenvalue weighted by molar-refractivity contribution is 0.613. The van der Waals surface area contributed by atoms with Crippen molar-refractivity contribution in [3.05, 3.63) is 0 Å². The highest BCUT2D eigenvalue weighted by atomic mass is 79.9. The molecule has 0 aromatic rings. The SMILES string of the molecule is CC1C(C2C(C)C2(Br)Br)C1(Br)Br. The molecule has 0 bridgehead atoms. The second-order valence-corrected chi connectivity index (χ2v) is 11.4. The van der Waals surface area contributed by atoms with Crippen molar-refractivity contribution in [3.63, 3.8) is 0 Å². The predicted octanol–water partition coefficient (Wildman–Crippen LogP) is 4.49. The maximum Gasteiger partial charge on any atom is 0.0869 e. The van der Waals surface area contributed by atoms with E-state index in [2.05, 4.69) is 77.6 Å². The molecule has 0 heterocycles. The molecule has 4 unspecified atom stereocenters. The molecule has 0 aliphatic heterocycles. The maximum absolute atomic E-state index is 3.71. The van der Waals surface area contributed by atoms with Crippen LogP contribution in [0, 0.1) is 23.7 Å². The van der Waals surface area contributed by atoms with Crippen molar-refractivity contribution < 1.29 is 0 Å². The Morgan fingerprint density at radius 1 is 0.750 bits per heavy atom. The van der Waals surface area contributed by atoms with Crippen LogP contribution in [0.4, 0.5) is 0 Å². The first-order valence-corrected chi connectivity index (χ1v) is 7.24. The van der Waals surface area contributed by atoms with Gasteiger partial charge in [0, 0.05) is 0 Å². The number of halogens is 4. The lowest BCUT2D eigenvalue weighted by Crippen LogP contribution is -1.96. The van der Waals surface area contributed by atoms with Crippen molar-refractivity contribution >= 4 is 63.7 Å². The summed E-state index contributed by atoms with van der Waals surface area (Å²) in [6.45, 7) is 4.57. The van der Waals surface area contributed by atoms with Gasteiger partial charge in [-0.3, -0.25) is 0 Å². The Kier molecular flexibility index (Phi) is 2.38. The standard InChI is InChI=1S/C8H10Br4/c1-3-5(7(3,9)10)6-4(2)8(6,11)12/h3-6H,1-2H3. The van der Waals surface area contributed by atoms with Gasteiger partial charge in [-0.1, -0.05) is 77.6 Å². The van der Waals surface area contributed by atoms with Gasteiger partial charge in [0.25, 0.3) is 0 Å². The summed E-state index contributed by atoms with van der Waals surface area (Å²) in [5.41, 5.74) is 0. The van der Waals surface area contributed by atoms with Crippen molar-refractivity contribution in [3.8, 4) is 0 Å². The zero-order chi connectivity index (χ0) is 9.31. The van der Waals surface area contributed by atoms with Gasteiger partial charge >= 0.3 is 0 Å². The number of hydrogen-bond donors (Lipinski definition) is 0. The first-order valence-electron chi connectivity index (χ1n) is 4.07.